The molecular formula is C21H15IN2O3. The molecule has 0 aliphatic rings. The van der Waals surface area contributed by atoms with Crippen LogP contribution < -0.4 is 4.74 Å². The number of aromatic nitrogens is 2. The first-order chi connectivity index (χ1) is 13.2. The molecule has 0 aliphatic carbocycles. The van der Waals surface area contributed by atoms with E-state index < -0.39 is 5.97 Å². The summed E-state index contributed by atoms with van der Waals surface area (Å²) in [5.74, 6) is 0.354. The normalized spacial score (nSPS) is 10.7. The first-order valence-corrected chi connectivity index (χ1v) is 9.21. The van der Waals surface area contributed by atoms with Gasteiger partial charge < -0.3 is 7.80 Å². The van der Waals surface area contributed by atoms with Gasteiger partial charge in [-0.3, -0.25) is 5.10 Å². The molecule has 5 nitrogen and oxygen atoms in total. The Morgan fingerprint density at radius 3 is 2.44 bits per heavy atom. The molecule has 0 unspecified atom stereocenters. The average Bonchev–Trinajstić information content (AvgIpc) is 3.16. The van der Waals surface area contributed by atoms with Crippen molar-refractivity contribution in [1.29, 1.82) is 0 Å². The highest BCUT2D eigenvalue weighted by Gasteiger charge is 2.15. The van der Waals surface area contributed by atoms with Gasteiger partial charge in [0.2, 0.25) is 0 Å². The van der Waals surface area contributed by atoms with Crippen molar-refractivity contribution in [3.63, 3.8) is 0 Å². The Labute approximate surface area is 170 Å². The number of nitrogens with one attached hydrogen (secondary N) is 1. The van der Waals surface area contributed by atoms with E-state index in [1.165, 1.54) is 0 Å². The third-order valence-electron chi connectivity index (χ3n) is 4.26. The highest BCUT2D eigenvalue weighted by Crippen LogP contribution is 2.27. The van der Waals surface area contributed by atoms with Crippen molar-refractivity contribution >= 4 is 39.9 Å². The Bertz CT molecular complexity index is 1080. The molecule has 1 heterocycles. The van der Waals surface area contributed by atoms with Crippen molar-refractivity contribution in [2.45, 2.75) is 6.61 Å². The number of halogens is 1. The van der Waals surface area contributed by atoms with Crippen molar-refractivity contribution in [2.24, 2.45) is 0 Å². The van der Waals surface area contributed by atoms with E-state index in [1.807, 2.05) is 72.8 Å². The summed E-state index contributed by atoms with van der Waals surface area (Å²) in [6.07, 6.45) is 0. The van der Waals surface area contributed by atoms with Gasteiger partial charge in [0.25, 0.3) is 0 Å². The summed E-state index contributed by atoms with van der Waals surface area (Å²) in [4.78, 5) is 11.7. The molecule has 0 fully saturated rings. The third kappa shape index (κ3) is 3.80. The second-order valence-corrected chi connectivity index (χ2v) is 6.44. The van der Waals surface area contributed by atoms with Crippen LogP contribution in [-0.2, 0) is 9.67 Å². The maximum Gasteiger partial charge on any atom is 0.368 e. The van der Waals surface area contributed by atoms with Crippen LogP contribution in [0.3, 0.4) is 0 Å². The molecule has 0 amide bonds. The lowest BCUT2D eigenvalue weighted by atomic mass is 10.0. The van der Waals surface area contributed by atoms with Crippen LogP contribution >= 0.6 is 23.0 Å². The zero-order chi connectivity index (χ0) is 18.6. The number of rotatable bonds is 5. The van der Waals surface area contributed by atoms with E-state index in [1.54, 1.807) is 23.0 Å². The van der Waals surface area contributed by atoms with Crippen LogP contribution in [0.15, 0.2) is 72.8 Å². The number of fused-ring (bicyclic) bond motifs is 1. The van der Waals surface area contributed by atoms with E-state index in [9.17, 15) is 4.79 Å². The highest BCUT2D eigenvalue weighted by molar-refractivity contribution is 14.1. The summed E-state index contributed by atoms with van der Waals surface area (Å²) in [6.45, 7) is 0.538. The Morgan fingerprint density at radius 1 is 0.963 bits per heavy atom. The van der Waals surface area contributed by atoms with Gasteiger partial charge in [-0.05, 0) is 41.0 Å². The molecule has 0 atom stereocenters. The SMILES string of the molecule is O=C(OI)c1n[nH]c2cc(-c3ccc(OCc4ccccc4)cc3)ccc12. The summed E-state index contributed by atoms with van der Waals surface area (Å²) in [5.41, 5.74) is 4.28. The van der Waals surface area contributed by atoms with E-state index in [-0.39, 0.29) is 5.69 Å². The van der Waals surface area contributed by atoms with E-state index >= 15 is 0 Å². The molecule has 134 valence electrons. The fourth-order valence-electron chi connectivity index (χ4n) is 2.88. The molecule has 3 aromatic carbocycles. The lowest BCUT2D eigenvalue weighted by Crippen LogP contribution is -1.98. The molecule has 0 aliphatic heterocycles. The minimum absolute atomic E-state index is 0.288. The van der Waals surface area contributed by atoms with Gasteiger partial charge in [0, 0.05) is 5.39 Å². The Balaban J connectivity index is 1.52. The number of hydrogen-bond acceptors (Lipinski definition) is 4. The molecule has 4 rings (SSSR count). The number of hydrogen-bond donors (Lipinski definition) is 1. The lowest BCUT2D eigenvalue weighted by molar-refractivity contribution is 0.0796. The molecule has 0 saturated carbocycles. The Morgan fingerprint density at radius 2 is 1.70 bits per heavy atom. The van der Waals surface area contributed by atoms with Gasteiger partial charge in [-0.1, -0.05) is 48.5 Å². The molecule has 0 spiro atoms. The van der Waals surface area contributed by atoms with Gasteiger partial charge in [0.15, 0.2) is 28.7 Å². The molecular weight excluding hydrogens is 455 g/mol. The maximum atomic E-state index is 11.7. The van der Waals surface area contributed by atoms with Crippen molar-refractivity contribution in [3.05, 3.63) is 84.1 Å². The third-order valence-corrected chi connectivity index (χ3v) is 4.66. The monoisotopic (exact) mass is 470 g/mol. The smallest absolute Gasteiger partial charge is 0.368 e. The summed E-state index contributed by atoms with van der Waals surface area (Å²) in [6, 6.07) is 23.8. The van der Waals surface area contributed by atoms with Crippen LogP contribution in [0, 0.1) is 0 Å². The zero-order valence-corrected chi connectivity index (χ0v) is 16.3. The van der Waals surface area contributed by atoms with E-state index in [0.29, 0.717) is 6.61 Å². The number of carbonyl (C=O) groups is 1. The first kappa shape index (κ1) is 17.5. The molecule has 1 N–H and O–H groups in total. The van der Waals surface area contributed by atoms with E-state index in [0.717, 1.165) is 33.3 Å². The molecule has 27 heavy (non-hydrogen) atoms. The minimum atomic E-state index is -0.463. The summed E-state index contributed by atoms with van der Waals surface area (Å²) >= 11 is 1.56. The van der Waals surface area contributed by atoms with Crippen molar-refractivity contribution in [2.75, 3.05) is 0 Å². The van der Waals surface area contributed by atoms with Crippen LogP contribution in [0.25, 0.3) is 22.0 Å². The van der Waals surface area contributed by atoms with E-state index in [4.69, 9.17) is 7.80 Å². The number of carbonyl (C=O) groups excluding carboxylic acids is 1. The largest absolute Gasteiger partial charge is 0.489 e. The maximum absolute atomic E-state index is 11.7. The predicted molar refractivity (Wildman–Crippen MR) is 112 cm³/mol. The Hall–Kier alpha value is -2.87. The molecule has 0 saturated heterocycles. The molecule has 6 heteroatoms. The van der Waals surface area contributed by atoms with Crippen molar-refractivity contribution in [3.8, 4) is 16.9 Å². The van der Waals surface area contributed by atoms with Gasteiger partial charge in [-0.25, -0.2) is 4.79 Å². The highest BCUT2D eigenvalue weighted by atomic mass is 127. The minimum Gasteiger partial charge on any atom is -0.489 e. The van der Waals surface area contributed by atoms with Gasteiger partial charge in [-0.15, -0.1) is 0 Å². The second-order valence-electron chi connectivity index (χ2n) is 6.00. The molecule has 1 aromatic heterocycles. The second kappa shape index (κ2) is 7.79. The zero-order valence-electron chi connectivity index (χ0n) is 14.2. The fourth-order valence-corrected chi connectivity index (χ4v) is 3.08. The number of nitrogens with zero attached hydrogens (tertiary/aromatic N) is 1. The quantitative estimate of drug-likeness (QED) is 0.402. The molecule has 0 bridgehead atoms. The summed E-state index contributed by atoms with van der Waals surface area (Å²) < 4.78 is 10.5. The average molecular weight is 470 g/mol. The van der Waals surface area contributed by atoms with Crippen LogP contribution in [-0.4, -0.2) is 16.2 Å². The van der Waals surface area contributed by atoms with Gasteiger partial charge in [0.05, 0.1) is 5.52 Å². The number of aromatic amines is 1. The number of benzene rings is 3. The van der Waals surface area contributed by atoms with Gasteiger partial charge in [0.1, 0.15) is 12.4 Å². The van der Waals surface area contributed by atoms with Gasteiger partial charge >= 0.3 is 5.97 Å². The summed E-state index contributed by atoms with van der Waals surface area (Å²) in [5, 5.41) is 7.67. The van der Waals surface area contributed by atoms with E-state index in [2.05, 4.69) is 10.2 Å². The summed E-state index contributed by atoms with van der Waals surface area (Å²) in [7, 11) is 0. The number of ether oxygens (including phenoxy) is 1. The fraction of sp³-hybridized carbons (Fsp3) is 0.0476. The van der Waals surface area contributed by atoms with Crippen molar-refractivity contribution in [1.82, 2.24) is 10.2 Å². The Kier molecular flexibility index (Phi) is 5.06. The first-order valence-electron chi connectivity index (χ1n) is 8.33. The predicted octanol–water partition coefficient (Wildman–Crippen LogP) is 5.32. The van der Waals surface area contributed by atoms with Gasteiger partial charge in [-0.2, -0.15) is 5.10 Å². The van der Waals surface area contributed by atoms with Crippen LogP contribution in [0.5, 0.6) is 5.75 Å². The van der Waals surface area contributed by atoms with Crippen LogP contribution in [0.4, 0.5) is 0 Å². The van der Waals surface area contributed by atoms with Crippen molar-refractivity contribution < 1.29 is 12.6 Å². The number of H-pyrrole nitrogens is 1. The standard InChI is InChI=1S/C21H15IN2O3/c22-27-21(25)20-18-11-8-16(12-19(18)23-24-20)15-6-9-17(10-7-15)26-13-14-4-2-1-3-5-14/h1-12H,13H2,(H,23,24). The lowest BCUT2D eigenvalue weighted by Gasteiger charge is -2.08. The van der Waals surface area contributed by atoms with Crippen LogP contribution in [0.2, 0.25) is 0 Å². The molecule has 4 aromatic rings. The van der Waals surface area contributed by atoms with Crippen LogP contribution in [0.1, 0.15) is 16.1 Å². The molecule has 0 radical (unpaired) electrons. The topological polar surface area (TPSA) is 64.2 Å².